The summed E-state index contributed by atoms with van der Waals surface area (Å²) in [5.41, 5.74) is 4.03. The molecule has 1 aromatic heterocycles. The van der Waals surface area contributed by atoms with E-state index in [0.717, 1.165) is 0 Å². The maximum atomic E-state index is 11.7. The minimum Gasteiger partial charge on any atom is -0.480 e. The Hall–Kier alpha value is -1.96. The summed E-state index contributed by atoms with van der Waals surface area (Å²) in [6.07, 6.45) is 1.42. The third-order valence-electron chi connectivity index (χ3n) is 2.09. The first-order chi connectivity index (χ1) is 7.86. The molecule has 0 saturated heterocycles. The molecule has 1 aromatic rings. The molecule has 0 bridgehead atoms. The summed E-state index contributed by atoms with van der Waals surface area (Å²) in [7, 11) is 0. The SMILES string of the molecule is CC(C)(NC(=O)c1cn(CCN)nn1)C(=O)O. The number of carbonyl (C=O) groups is 2. The van der Waals surface area contributed by atoms with Crippen LogP contribution in [0.2, 0.25) is 0 Å². The summed E-state index contributed by atoms with van der Waals surface area (Å²) in [5.74, 6) is -1.71. The average molecular weight is 241 g/mol. The van der Waals surface area contributed by atoms with Gasteiger partial charge in [0.25, 0.3) is 5.91 Å². The Labute approximate surface area is 97.8 Å². The quantitative estimate of drug-likeness (QED) is 0.596. The summed E-state index contributed by atoms with van der Waals surface area (Å²) in [6, 6.07) is 0. The zero-order chi connectivity index (χ0) is 13.1. The number of carboxylic acids is 1. The minimum absolute atomic E-state index is 0.0628. The van der Waals surface area contributed by atoms with Gasteiger partial charge in [-0.1, -0.05) is 5.21 Å². The second kappa shape index (κ2) is 4.91. The van der Waals surface area contributed by atoms with Crippen molar-refractivity contribution in [3.63, 3.8) is 0 Å². The van der Waals surface area contributed by atoms with Gasteiger partial charge in [0.15, 0.2) is 5.69 Å². The minimum atomic E-state index is -1.35. The predicted octanol–water partition coefficient (Wildman–Crippen LogP) is -1.17. The number of aromatic nitrogens is 3. The largest absolute Gasteiger partial charge is 0.480 e. The van der Waals surface area contributed by atoms with E-state index in [2.05, 4.69) is 15.6 Å². The number of nitrogens with two attached hydrogens (primary N) is 1. The topological polar surface area (TPSA) is 123 Å². The number of rotatable bonds is 5. The van der Waals surface area contributed by atoms with Crippen LogP contribution in [0.25, 0.3) is 0 Å². The number of carbonyl (C=O) groups excluding carboxylic acids is 1. The number of amides is 1. The molecule has 17 heavy (non-hydrogen) atoms. The molecule has 8 heteroatoms. The highest BCUT2D eigenvalue weighted by Gasteiger charge is 2.30. The summed E-state index contributed by atoms with van der Waals surface area (Å²) in [4.78, 5) is 22.5. The van der Waals surface area contributed by atoms with Crippen molar-refractivity contribution < 1.29 is 14.7 Å². The molecule has 0 aromatic carbocycles. The molecule has 1 heterocycles. The molecule has 0 unspecified atom stereocenters. The van der Waals surface area contributed by atoms with Crippen LogP contribution in [-0.2, 0) is 11.3 Å². The Morgan fingerprint density at radius 2 is 2.24 bits per heavy atom. The van der Waals surface area contributed by atoms with Crippen molar-refractivity contribution in [2.75, 3.05) is 6.54 Å². The highest BCUT2D eigenvalue weighted by Crippen LogP contribution is 2.04. The molecule has 4 N–H and O–H groups in total. The highest BCUT2D eigenvalue weighted by atomic mass is 16.4. The van der Waals surface area contributed by atoms with Gasteiger partial charge >= 0.3 is 5.97 Å². The number of hydrogen-bond acceptors (Lipinski definition) is 5. The van der Waals surface area contributed by atoms with Gasteiger partial charge in [0.2, 0.25) is 0 Å². The van der Waals surface area contributed by atoms with Gasteiger partial charge in [-0.2, -0.15) is 0 Å². The lowest BCUT2D eigenvalue weighted by Gasteiger charge is -2.19. The Bertz CT molecular complexity index is 426. The van der Waals surface area contributed by atoms with Gasteiger partial charge in [-0.25, -0.2) is 4.79 Å². The van der Waals surface area contributed by atoms with Gasteiger partial charge in [0.1, 0.15) is 5.54 Å². The third-order valence-corrected chi connectivity index (χ3v) is 2.09. The van der Waals surface area contributed by atoms with E-state index in [1.165, 1.54) is 24.7 Å². The first-order valence-electron chi connectivity index (χ1n) is 5.03. The Morgan fingerprint density at radius 3 is 2.76 bits per heavy atom. The molecule has 0 atom stereocenters. The fourth-order valence-corrected chi connectivity index (χ4v) is 1.05. The van der Waals surface area contributed by atoms with Crippen LogP contribution in [0, 0.1) is 0 Å². The maximum Gasteiger partial charge on any atom is 0.328 e. The fourth-order valence-electron chi connectivity index (χ4n) is 1.05. The first kappa shape index (κ1) is 13.1. The van der Waals surface area contributed by atoms with E-state index in [0.29, 0.717) is 13.1 Å². The summed E-state index contributed by atoms with van der Waals surface area (Å²) in [5, 5.41) is 18.5. The first-order valence-corrected chi connectivity index (χ1v) is 5.03. The van der Waals surface area contributed by atoms with Gasteiger partial charge < -0.3 is 16.2 Å². The Balaban J connectivity index is 2.73. The van der Waals surface area contributed by atoms with Crippen LogP contribution in [0.15, 0.2) is 6.20 Å². The molecule has 0 spiro atoms. The highest BCUT2D eigenvalue weighted by molar-refractivity contribution is 5.95. The number of nitrogens with zero attached hydrogens (tertiary/aromatic N) is 3. The van der Waals surface area contributed by atoms with Crippen LogP contribution < -0.4 is 11.1 Å². The molecule has 0 saturated carbocycles. The zero-order valence-electron chi connectivity index (χ0n) is 9.67. The van der Waals surface area contributed by atoms with E-state index in [1.54, 1.807) is 0 Å². The van der Waals surface area contributed by atoms with E-state index >= 15 is 0 Å². The van der Waals surface area contributed by atoms with Gasteiger partial charge in [0.05, 0.1) is 12.7 Å². The van der Waals surface area contributed by atoms with Crippen LogP contribution in [0.1, 0.15) is 24.3 Å². The van der Waals surface area contributed by atoms with Gasteiger partial charge in [-0.3, -0.25) is 9.48 Å². The summed E-state index contributed by atoms with van der Waals surface area (Å²) >= 11 is 0. The molecule has 0 radical (unpaired) electrons. The van der Waals surface area contributed by atoms with Gasteiger partial charge in [-0.05, 0) is 13.8 Å². The number of hydrogen-bond donors (Lipinski definition) is 3. The van der Waals surface area contributed by atoms with Crippen molar-refractivity contribution in [2.45, 2.75) is 25.9 Å². The van der Waals surface area contributed by atoms with Crippen LogP contribution in [0.3, 0.4) is 0 Å². The Kier molecular flexibility index (Phi) is 3.79. The predicted molar refractivity (Wildman–Crippen MR) is 58.3 cm³/mol. The monoisotopic (exact) mass is 241 g/mol. The van der Waals surface area contributed by atoms with E-state index in [1.807, 2.05) is 0 Å². The van der Waals surface area contributed by atoms with Crippen molar-refractivity contribution in [1.29, 1.82) is 0 Å². The lowest BCUT2D eigenvalue weighted by atomic mass is 10.1. The standard InChI is InChI=1S/C9H15N5O3/c1-9(2,8(16)17)11-7(15)6-5-14(4-3-10)13-12-6/h5H,3-4,10H2,1-2H3,(H,11,15)(H,16,17). The molecule has 1 amide bonds. The molecule has 8 nitrogen and oxygen atoms in total. The number of nitrogens with one attached hydrogen (secondary N) is 1. The van der Waals surface area contributed by atoms with Gasteiger partial charge in [0, 0.05) is 6.54 Å². The van der Waals surface area contributed by atoms with Gasteiger partial charge in [-0.15, -0.1) is 5.10 Å². The van der Waals surface area contributed by atoms with Crippen molar-refractivity contribution in [3.05, 3.63) is 11.9 Å². The maximum absolute atomic E-state index is 11.7. The Morgan fingerprint density at radius 1 is 1.59 bits per heavy atom. The van der Waals surface area contributed by atoms with Crippen molar-refractivity contribution in [3.8, 4) is 0 Å². The average Bonchev–Trinajstić information content (AvgIpc) is 2.66. The van der Waals surface area contributed by atoms with Crippen LogP contribution in [0.4, 0.5) is 0 Å². The molecule has 94 valence electrons. The molecule has 0 aliphatic carbocycles. The van der Waals surface area contributed by atoms with Crippen LogP contribution >= 0.6 is 0 Å². The second-order valence-electron chi connectivity index (χ2n) is 4.04. The molecule has 0 aliphatic rings. The van der Waals surface area contributed by atoms with Crippen molar-refractivity contribution in [2.24, 2.45) is 5.73 Å². The lowest BCUT2D eigenvalue weighted by Crippen LogP contribution is -2.49. The van der Waals surface area contributed by atoms with Crippen molar-refractivity contribution in [1.82, 2.24) is 20.3 Å². The third kappa shape index (κ3) is 3.25. The summed E-state index contributed by atoms with van der Waals surface area (Å²) in [6.45, 7) is 3.60. The molecule has 1 rings (SSSR count). The lowest BCUT2D eigenvalue weighted by molar-refractivity contribution is -0.143. The van der Waals surface area contributed by atoms with Crippen LogP contribution in [0.5, 0.6) is 0 Å². The van der Waals surface area contributed by atoms with Crippen molar-refractivity contribution >= 4 is 11.9 Å². The fraction of sp³-hybridized carbons (Fsp3) is 0.556. The van der Waals surface area contributed by atoms with E-state index in [-0.39, 0.29) is 5.69 Å². The summed E-state index contributed by atoms with van der Waals surface area (Å²) < 4.78 is 1.42. The van der Waals surface area contributed by atoms with E-state index < -0.39 is 17.4 Å². The molecule has 0 fully saturated rings. The molecule has 0 aliphatic heterocycles. The molecular formula is C9H15N5O3. The van der Waals surface area contributed by atoms with Crippen LogP contribution in [-0.4, -0.2) is 44.1 Å². The zero-order valence-corrected chi connectivity index (χ0v) is 9.67. The van der Waals surface area contributed by atoms with E-state index in [9.17, 15) is 9.59 Å². The number of aliphatic carboxylic acids is 1. The molecular weight excluding hydrogens is 226 g/mol. The normalized spacial score (nSPS) is 11.2. The van der Waals surface area contributed by atoms with E-state index in [4.69, 9.17) is 10.8 Å². The number of carboxylic acid groups (broad SMARTS) is 1. The second-order valence-corrected chi connectivity index (χ2v) is 4.04. The smallest absolute Gasteiger partial charge is 0.328 e.